The predicted octanol–water partition coefficient (Wildman–Crippen LogP) is 1.78. The lowest BCUT2D eigenvalue weighted by molar-refractivity contribution is -0.125. The van der Waals surface area contributed by atoms with Crippen molar-refractivity contribution in [2.45, 2.75) is 47.1 Å². The number of carbonyl (C=O) groups is 1. The zero-order chi connectivity index (χ0) is 12.3. The molecule has 0 aromatic heterocycles. The van der Waals surface area contributed by atoms with Crippen LogP contribution < -0.4 is 10.6 Å². The van der Waals surface area contributed by atoms with Crippen LogP contribution in [0.15, 0.2) is 0 Å². The second kappa shape index (κ2) is 5.17. The van der Waals surface area contributed by atoms with Crippen molar-refractivity contribution in [3.63, 3.8) is 0 Å². The van der Waals surface area contributed by atoms with E-state index in [1.807, 2.05) is 0 Å². The summed E-state index contributed by atoms with van der Waals surface area (Å²) < 4.78 is 0. The summed E-state index contributed by atoms with van der Waals surface area (Å²) in [4.78, 5) is 11.9. The van der Waals surface area contributed by atoms with Crippen LogP contribution in [0.2, 0.25) is 0 Å². The van der Waals surface area contributed by atoms with E-state index in [1.54, 1.807) is 0 Å². The molecule has 3 unspecified atom stereocenters. The first-order valence-corrected chi connectivity index (χ1v) is 6.33. The average molecular weight is 226 g/mol. The van der Waals surface area contributed by atoms with E-state index in [0.717, 1.165) is 19.5 Å². The largest absolute Gasteiger partial charge is 0.356 e. The van der Waals surface area contributed by atoms with E-state index in [-0.39, 0.29) is 17.2 Å². The Bertz CT molecular complexity index is 245. The molecule has 94 valence electrons. The third-order valence-electron chi connectivity index (χ3n) is 3.92. The summed E-state index contributed by atoms with van der Waals surface area (Å²) in [7, 11) is 0. The van der Waals surface area contributed by atoms with E-state index in [1.165, 1.54) is 0 Å². The summed E-state index contributed by atoms with van der Waals surface area (Å²) in [6.45, 7) is 12.7. The quantitative estimate of drug-likeness (QED) is 0.770. The van der Waals surface area contributed by atoms with Crippen LogP contribution in [0.25, 0.3) is 0 Å². The molecule has 1 aliphatic heterocycles. The SMILES string of the molecule is CC1NCCC1C(=O)NCC(C)C(C)(C)C. The minimum Gasteiger partial charge on any atom is -0.356 e. The average Bonchev–Trinajstić information content (AvgIpc) is 2.58. The first-order valence-electron chi connectivity index (χ1n) is 6.33. The van der Waals surface area contributed by atoms with Crippen LogP contribution in [-0.2, 0) is 4.79 Å². The van der Waals surface area contributed by atoms with Crippen LogP contribution in [0.4, 0.5) is 0 Å². The van der Waals surface area contributed by atoms with Crippen LogP contribution in [0, 0.1) is 17.3 Å². The van der Waals surface area contributed by atoms with Gasteiger partial charge in [0.25, 0.3) is 0 Å². The standard InChI is InChI=1S/C13H26N2O/c1-9(13(3,4)5)8-15-12(16)11-6-7-14-10(11)2/h9-11,14H,6-8H2,1-5H3,(H,15,16). The molecule has 0 aromatic rings. The molecule has 0 radical (unpaired) electrons. The van der Waals surface area contributed by atoms with Crippen LogP contribution in [0.1, 0.15) is 41.0 Å². The summed E-state index contributed by atoms with van der Waals surface area (Å²) in [6.07, 6.45) is 0.969. The molecule has 3 atom stereocenters. The first kappa shape index (κ1) is 13.5. The normalized spacial score (nSPS) is 27.8. The number of carbonyl (C=O) groups excluding carboxylic acids is 1. The fraction of sp³-hybridized carbons (Fsp3) is 0.923. The molecule has 3 nitrogen and oxygen atoms in total. The maximum atomic E-state index is 11.9. The Kier molecular flexibility index (Phi) is 4.36. The second-order valence-corrected chi connectivity index (χ2v) is 6.15. The molecule has 16 heavy (non-hydrogen) atoms. The van der Waals surface area contributed by atoms with Crippen molar-refractivity contribution in [2.24, 2.45) is 17.3 Å². The van der Waals surface area contributed by atoms with E-state index in [2.05, 4.69) is 45.3 Å². The molecule has 0 aromatic carbocycles. The number of hydrogen-bond acceptors (Lipinski definition) is 2. The fourth-order valence-electron chi connectivity index (χ4n) is 1.91. The Labute approximate surface area is 99.4 Å². The van der Waals surface area contributed by atoms with Gasteiger partial charge < -0.3 is 10.6 Å². The molecule has 1 aliphatic rings. The molecule has 0 spiro atoms. The summed E-state index contributed by atoms with van der Waals surface area (Å²) in [5.41, 5.74) is 0.257. The second-order valence-electron chi connectivity index (χ2n) is 6.15. The molecule has 1 heterocycles. The van der Waals surface area contributed by atoms with Crippen molar-refractivity contribution >= 4 is 5.91 Å². The summed E-state index contributed by atoms with van der Waals surface area (Å²) in [5.74, 6) is 0.877. The fourth-order valence-corrected chi connectivity index (χ4v) is 1.91. The van der Waals surface area contributed by atoms with Crippen molar-refractivity contribution < 1.29 is 4.79 Å². The summed E-state index contributed by atoms with van der Waals surface area (Å²) in [5, 5.41) is 6.39. The monoisotopic (exact) mass is 226 g/mol. The van der Waals surface area contributed by atoms with Crippen LogP contribution in [0.5, 0.6) is 0 Å². The topological polar surface area (TPSA) is 41.1 Å². The van der Waals surface area contributed by atoms with Gasteiger partial charge in [-0.2, -0.15) is 0 Å². The van der Waals surface area contributed by atoms with Gasteiger partial charge in [0.2, 0.25) is 5.91 Å². The lowest BCUT2D eigenvalue weighted by Crippen LogP contribution is -2.40. The molecule has 0 bridgehead atoms. The molecular formula is C13H26N2O. The van der Waals surface area contributed by atoms with Gasteiger partial charge in [0, 0.05) is 12.6 Å². The molecule has 1 rings (SSSR count). The van der Waals surface area contributed by atoms with Gasteiger partial charge in [-0.05, 0) is 31.2 Å². The molecule has 1 amide bonds. The lowest BCUT2D eigenvalue weighted by Gasteiger charge is -2.28. The van der Waals surface area contributed by atoms with Gasteiger partial charge in [-0.3, -0.25) is 4.79 Å². The Morgan fingerprint density at radius 2 is 2.12 bits per heavy atom. The molecule has 2 N–H and O–H groups in total. The Morgan fingerprint density at radius 3 is 2.56 bits per heavy atom. The van der Waals surface area contributed by atoms with E-state index in [0.29, 0.717) is 12.0 Å². The number of nitrogens with one attached hydrogen (secondary N) is 2. The van der Waals surface area contributed by atoms with Gasteiger partial charge >= 0.3 is 0 Å². The molecule has 0 saturated carbocycles. The molecule has 3 heteroatoms. The number of amides is 1. The summed E-state index contributed by atoms with van der Waals surface area (Å²) in [6, 6.07) is 0.324. The van der Waals surface area contributed by atoms with Crippen molar-refractivity contribution in [3.05, 3.63) is 0 Å². The van der Waals surface area contributed by atoms with Crippen LogP contribution in [0.3, 0.4) is 0 Å². The smallest absolute Gasteiger partial charge is 0.224 e. The van der Waals surface area contributed by atoms with E-state index < -0.39 is 0 Å². The minimum atomic E-state index is 0.159. The molecule has 1 saturated heterocycles. The molecule has 0 aliphatic carbocycles. The van der Waals surface area contributed by atoms with Gasteiger partial charge in [0.1, 0.15) is 0 Å². The van der Waals surface area contributed by atoms with Gasteiger partial charge in [-0.25, -0.2) is 0 Å². The minimum absolute atomic E-state index is 0.159. The zero-order valence-corrected chi connectivity index (χ0v) is 11.3. The van der Waals surface area contributed by atoms with Crippen molar-refractivity contribution in [1.29, 1.82) is 0 Å². The number of rotatable bonds is 3. The van der Waals surface area contributed by atoms with Gasteiger partial charge in [0.15, 0.2) is 0 Å². The van der Waals surface area contributed by atoms with Crippen molar-refractivity contribution in [1.82, 2.24) is 10.6 Å². The van der Waals surface area contributed by atoms with Crippen molar-refractivity contribution in [2.75, 3.05) is 13.1 Å². The Balaban J connectivity index is 2.35. The highest BCUT2D eigenvalue weighted by Gasteiger charge is 2.30. The maximum absolute atomic E-state index is 11.9. The maximum Gasteiger partial charge on any atom is 0.224 e. The Hall–Kier alpha value is -0.570. The number of hydrogen-bond donors (Lipinski definition) is 2. The summed E-state index contributed by atoms with van der Waals surface area (Å²) >= 11 is 0. The third-order valence-corrected chi connectivity index (χ3v) is 3.92. The highest BCUT2D eigenvalue weighted by Crippen LogP contribution is 2.24. The predicted molar refractivity (Wildman–Crippen MR) is 67.2 cm³/mol. The first-order chi connectivity index (χ1) is 7.32. The lowest BCUT2D eigenvalue weighted by atomic mass is 9.82. The molecular weight excluding hydrogens is 200 g/mol. The Morgan fingerprint density at radius 1 is 1.50 bits per heavy atom. The van der Waals surface area contributed by atoms with Crippen molar-refractivity contribution in [3.8, 4) is 0 Å². The van der Waals surface area contributed by atoms with E-state index in [4.69, 9.17) is 0 Å². The van der Waals surface area contributed by atoms with Crippen LogP contribution in [-0.4, -0.2) is 25.0 Å². The highest BCUT2D eigenvalue weighted by molar-refractivity contribution is 5.79. The molecule has 1 fully saturated rings. The zero-order valence-electron chi connectivity index (χ0n) is 11.3. The van der Waals surface area contributed by atoms with E-state index >= 15 is 0 Å². The van der Waals surface area contributed by atoms with E-state index in [9.17, 15) is 4.79 Å². The highest BCUT2D eigenvalue weighted by atomic mass is 16.1. The van der Waals surface area contributed by atoms with Gasteiger partial charge in [-0.15, -0.1) is 0 Å². The van der Waals surface area contributed by atoms with Gasteiger partial charge in [0.05, 0.1) is 5.92 Å². The van der Waals surface area contributed by atoms with Crippen LogP contribution >= 0.6 is 0 Å². The van der Waals surface area contributed by atoms with Gasteiger partial charge in [-0.1, -0.05) is 27.7 Å². The third kappa shape index (κ3) is 3.48.